The summed E-state index contributed by atoms with van der Waals surface area (Å²) in [4.78, 5) is 12.1. The molecule has 0 fully saturated rings. The first kappa shape index (κ1) is 17.6. The van der Waals surface area contributed by atoms with Crippen LogP contribution in [0.1, 0.15) is 24.2 Å². The van der Waals surface area contributed by atoms with Crippen LogP contribution in [0.5, 0.6) is 5.75 Å². The van der Waals surface area contributed by atoms with E-state index in [2.05, 4.69) is 10.5 Å². The SMILES string of the molecule is CCOc1ccc2ccccc2c1/C=N/NC(=O)C(O)c1ccccc1. The van der Waals surface area contributed by atoms with E-state index in [1.807, 2.05) is 49.4 Å². The van der Waals surface area contributed by atoms with Gasteiger partial charge in [0.05, 0.1) is 12.8 Å². The van der Waals surface area contributed by atoms with Gasteiger partial charge in [0.1, 0.15) is 5.75 Å². The zero-order valence-corrected chi connectivity index (χ0v) is 14.4. The van der Waals surface area contributed by atoms with E-state index in [1.54, 1.807) is 30.5 Å². The van der Waals surface area contributed by atoms with E-state index in [1.165, 1.54) is 0 Å². The zero-order valence-electron chi connectivity index (χ0n) is 14.4. The first-order valence-electron chi connectivity index (χ1n) is 8.41. The molecule has 0 radical (unpaired) electrons. The third-order valence-corrected chi connectivity index (χ3v) is 3.96. The van der Waals surface area contributed by atoms with Gasteiger partial charge in [0.2, 0.25) is 0 Å². The molecule has 0 aliphatic carbocycles. The van der Waals surface area contributed by atoms with Gasteiger partial charge < -0.3 is 9.84 Å². The fourth-order valence-electron chi connectivity index (χ4n) is 2.70. The van der Waals surface area contributed by atoms with Crippen molar-refractivity contribution in [2.45, 2.75) is 13.0 Å². The highest BCUT2D eigenvalue weighted by atomic mass is 16.5. The summed E-state index contributed by atoms with van der Waals surface area (Å²) in [6, 6.07) is 20.5. The number of carbonyl (C=O) groups excluding carboxylic acids is 1. The lowest BCUT2D eigenvalue weighted by Gasteiger charge is -2.11. The Morgan fingerprint density at radius 1 is 1.12 bits per heavy atom. The number of aliphatic hydroxyl groups excluding tert-OH is 1. The minimum atomic E-state index is -1.27. The summed E-state index contributed by atoms with van der Waals surface area (Å²) in [6.07, 6.45) is 0.273. The predicted octanol–water partition coefficient (Wildman–Crippen LogP) is 3.42. The number of rotatable bonds is 6. The van der Waals surface area contributed by atoms with Crippen molar-refractivity contribution in [1.29, 1.82) is 0 Å². The highest BCUT2D eigenvalue weighted by molar-refractivity contribution is 6.02. The second-order valence-electron chi connectivity index (χ2n) is 5.68. The number of hydrazone groups is 1. The Morgan fingerprint density at radius 2 is 1.85 bits per heavy atom. The second-order valence-corrected chi connectivity index (χ2v) is 5.68. The standard InChI is InChI=1S/C21H20N2O3/c1-2-26-19-13-12-15-8-6-7-11-17(15)18(19)14-22-23-21(25)20(24)16-9-4-3-5-10-16/h3-14,20,24H,2H2,1H3,(H,23,25)/b22-14+. The van der Waals surface area contributed by atoms with E-state index in [9.17, 15) is 9.90 Å². The Balaban J connectivity index is 1.81. The lowest BCUT2D eigenvalue weighted by Crippen LogP contribution is -2.25. The van der Waals surface area contributed by atoms with Crippen molar-refractivity contribution in [2.75, 3.05) is 6.61 Å². The molecule has 0 aliphatic heterocycles. The number of ether oxygens (including phenoxy) is 1. The van der Waals surface area contributed by atoms with Crippen LogP contribution >= 0.6 is 0 Å². The summed E-state index contributed by atoms with van der Waals surface area (Å²) in [5.41, 5.74) is 3.68. The average molecular weight is 348 g/mol. The molecular formula is C21H20N2O3. The molecule has 3 rings (SSSR count). The number of aliphatic hydroxyl groups is 1. The minimum Gasteiger partial charge on any atom is -0.493 e. The monoisotopic (exact) mass is 348 g/mol. The fourth-order valence-corrected chi connectivity index (χ4v) is 2.70. The first-order valence-corrected chi connectivity index (χ1v) is 8.41. The van der Waals surface area contributed by atoms with Crippen LogP contribution in [0.3, 0.4) is 0 Å². The Morgan fingerprint density at radius 3 is 2.62 bits per heavy atom. The number of carbonyl (C=O) groups is 1. The maximum absolute atomic E-state index is 12.1. The predicted molar refractivity (Wildman–Crippen MR) is 102 cm³/mol. The number of hydrogen-bond donors (Lipinski definition) is 2. The zero-order chi connectivity index (χ0) is 18.4. The molecule has 1 atom stereocenters. The van der Waals surface area contributed by atoms with Gasteiger partial charge in [-0.25, -0.2) is 5.43 Å². The molecule has 26 heavy (non-hydrogen) atoms. The summed E-state index contributed by atoms with van der Waals surface area (Å²) in [7, 11) is 0. The van der Waals surface area contributed by atoms with Gasteiger partial charge in [-0.3, -0.25) is 4.79 Å². The maximum atomic E-state index is 12.1. The Kier molecular flexibility index (Phi) is 5.61. The van der Waals surface area contributed by atoms with E-state index >= 15 is 0 Å². The number of nitrogens with one attached hydrogen (secondary N) is 1. The highest BCUT2D eigenvalue weighted by Crippen LogP contribution is 2.26. The van der Waals surface area contributed by atoms with Crippen LogP contribution in [0.2, 0.25) is 0 Å². The number of hydrogen-bond acceptors (Lipinski definition) is 4. The molecule has 5 nitrogen and oxygen atoms in total. The van der Waals surface area contributed by atoms with Crippen LogP contribution in [0.4, 0.5) is 0 Å². The molecule has 0 aliphatic rings. The second kappa shape index (κ2) is 8.27. The Bertz CT molecular complexity index is 923. The molecule has 5 heteroatoms. The van der Waals surface area contributed by atoms with Gasteiger partial charge in [0.25, 0.3) is 5.91 Å². The Hall–Kier alpha value is -3.18. The fraction of sp³-hybridized carbons (Fsp3) is 0.143. The van der Waals surface area contributed by atoms with E-state index < -0.39 is 12.0 Å². The molecule has 0 aromatic heterocycles. The number of benzene rings is 3. The molecule has 0 spiro atoms. The first-order chi connectivity index (χ1) is 12.7. The van der Waals surface area contributed by atoms with Crippen LogP contribution < -0.4 is 10.2 Å². The lowest BCUT2D eigenvalue weighted by atomic mass is 10.0. The van der Waals surface area contributed by atoms with Crippen molar-refractivity contribution in [2.24, 2.45) is 5.10 Å². The molecule has 0 saturated heterocycles. The van der Waals surface area contributed by atoms with E-state index in [4.69, 9.17) is 4.74 Å². The molecule has 132 valence electrons. The third kappa shape index (κ3) is 3.90. The van der Waals surface area contributed by atoms with Crippen LogP contribution in [-0.2, 0) is 4.79 Å². The van der Waals surface area contributed by atoms with Gasteiger partial charge >= 0.3 is 0 Å². The summed E-state index contributed by atoms with van der Waals surface area (Å²) >= 11 is 0. The summed E-state index contributed by atoms with van der Waals surface area (Å²) in [5, 5.41) is 16.1. The van der Waals surface area contributed by atoms with E-state index in [0.717, 1.165) is 16.3 Å². The molecule has 1 unspecified atom stereocenters. The molecule has 3 aromatic carbocycles. The van der Waals surface area contributed by atoms with Gasteiger partial charge in [0, 0.05) is 5.56 Å². The normalized spacial score (nSPS) is 12.2. The largest absolute Gasteiger partial charge is 0.493 e. The minimum absolute atomic E-state index is 0.514. The van der Waals surface area contributed by atoms with E-state index in [0.29, 0.717) is 17.9 Å². The van der Waals surface area contributed by atoms with Crippen LogP contribution in [0, 0.1) is 0 Å². The third-order valence-electron chi connectivity index (χ3n) is 3.96. The lowest BCUT2D eigenvalue weighted by molar-refractivity contribution is -0.129. The highest BCUT2D eigenvalue weighted by Gasteiger charge is 2.16. The van der Waals surface area contributed by atoms with Gasteiger partial charge in [-0.2, -0.15) is 5.10 Å². The molecule has 3 aromatic rings. The molecule has 1 amide bonds. The quantitative estimate of drug-likeness (QED) is 0.530. The van der Waals surface area contributed by atoms with Gasteiger partial charge in [-0.1, -0.05) is 60.7 Å². The number of amides is 1. The van der Waals surface area contributed by atoms with Crippen molar-refractivity contribution in [3.8, 4) is 5.75 Å². The van der Waals surface area contributed by atoms with Crippen molar-refractivity contribution < 1.29 is 14.6 Å². The van der Waals surface area contributed by atoms with Gasteiger partial charge in [0.15, 0.2) is 6.10 Å². The van der Waals surface area contributed by atoms with Crippen LogP contribution in [0.25, 0.3) is 10.8 Å². The van der Waals surface area contributed by atoms with Crippen molar-refractivity contribution in [3.63, 3.8) is 0 Å². The number of nitrogens with zero attached hydrogens (tertiary/aromatic N) is 1. The number of fused-ring (bicyclic) bond motifs is 1. The topological polar surface area (TPSA) is 70.9 Å². The molecule has 2 N–H and O–H groups in total. The van der Waals surface area contributed by atoms with E-state index in [-0.39, 0.29) is 0 Å². The Labute approximate surface area is 151 Å². The van der Waals surface area contributed by atoms with Gasteiger partial charge in [-0.15, -0.1) is 0 Å². The van der Waals surface area contributed by atoms with Gasteiger partial charge in [-0.05, 0) is 29.3 Å². The molecule has 0 heterocycles. The van der Waals surface area contributed by atoms with Crippen LogP contribution in [-0.4, -0.2) is 23.8 Å². The van der Waals surface area contributed by atoms with Crippen molar-refractivity contribution in [3.05, 3.63) is 77.9 Å². The van der Waals surface area contributed by atoms with Crippen molar-refractivity contribution in [1.82, 2.24) is 5.43 Å². The molecule has 0 saturated carbocycles. The van der Waals surface area contributed by atoms with Crippen LogP contribution in [0.15, 0.2) is 71.8 Å². The molecular weight excluding hydrogens is 328 g/mol. The summed E-state index contributed by atoms with van der Waals surface area (Å²) in [5.74, 6) is 0.0958. The smallest absolute Gasteiger partial charge is 0.273 e. The summed E-state index contributed by atoms with van der Waals surface area (Å²) in [6.45, 7) is 2.44. The van der Waals surface area contributed by atoms with Crippen molar-refractivity contribution >= 4 is 22.9 Å². The summed E-state index contributed by atoms with van der Waals surface area (Å²) < 4.78 is 5.67. The molecule has 0 bridgehead atoms. The maximum Gasteiger partial charge on any atom is 0.273 e. The average Bonchev–Trinajstić information content (AvgIpc) is 2.69.